The molecule has 1 fully saturated rings. The lowest BCUT2D eigenvalue weighted by atomic mass is 10.1. The van der Waals surface area contributed by atoms with Crippen LogP contribution in [0.15, 0.2) is 24.3 Å². The third-order valence-electron chi connectivity index (χ3n) is 2.38. The Hall–Kier alpha value is -1.37. The van der Waals surface area contributed by atoms with Crippen LogP contribution in [0.3, 0.4) is 0 Å². The highest BCUT2D eigenvalue weighted by atomic mass is 16.7. The van der Waals surface area contributed by atoms with Crippen molar-refractivity contribution in [2.45, 2.75) is 13.2 Å². The molecule has 15 heavy (non-hydrogen) atoms. The maximum absolute atomic E-state index is 8.66. The van der Waals surface area contributed by atoms with Gasteiger partial charge in [-0.3, -0.25) is 0 Å². The molecule has 0 N–H and O–H groups in total. The lowest BCUT2D eigenvalue weighted by Gasteiger charge is -2.27. The molecule has 0 aliphatic carbocycles. The van der Waals surface area contributed by atoms with Gasteiger partial charge in [0.05, 0.1) is 24.8 Å². The van der Waals surface area contributed by atoms with Crippen molar-refractivity contribution in [1.82, 2.24) is 0 Å². The van der Waals surface area contributed by atoms with Crippen molar-refractivity contribution in [3.05, 3.63) is 35.4 Å². The standard InChI is InChI=1S/C12H13NO2/c1-9-7-14-12(15-8-9)11-4-2-10(6-13)3-5-11/h2-5,9,12H,7-8H2,1H3. The van der Waals surface area contributed by atoms with Crippen LogP contribution in [0.5, 0.6) is 0 Å². The molecule has 0 amide bonds. The van der Waals surface area contributed by atoms with E-state index in [-0.39, 0.29) is 6.29 Å². The van der Waals surface area contributed by atoms with Crippen molar-refractivity contribution in [2.75, 3.05) is 13.2 Å². The van der Waals surface area contributed by atoms with Gasteiger partial charge in [-0.05, 0) is 12.1 Å². The van der Waals surface area contributed by atoms with Gasteiger partial charge in [-0.1, -0.05) is 19.1 Å². The first kappa shape index (κ1) is 10.2. The molecule has 1 heterocycles. The largest absolute Gasteiger partial charge is 0.348 e. The summed E-state index contributed by atoms with van der Waals surface area (Å²) >= 11 is 0. The lowest BCUT2D eigenvalue weighted by molar-refractivity contribution is -0.202. The van der Waals surface area contributed by atoms with E-state index in [0.717, 1.165) is 18.8 Å². The molecule has 0 radical (unpaired) electrons. The zero-order valence-electron chi connectivity index (χ0n) is 8.64. The molecule has 78 valence electrons. The predicted molar refractivity (Wildman–Crippen MR) is 55.0 cm³/mol. The Labute approximate surface area is 89.2 Å². The number of rotatable bonds is 1. The molecule has 1 saturated heterocycles. The van der Waals surface area contributed by atoms with E-state index in [2.05, 4.69) is 13.0 Å². The molecule has 3 nitrogen and oxygen atoms in total. The third kappa shape index (κ3) is 2.35. The molecule has 1 aliphatic heterocycles. The van der Waals surface area contributed by atoms with Gasteiger partial charge in [-0.25, -0.2) is 0 Å². The van der Waals surface area contributed by atoms with Gasteiger partial charge < -0.3 is 9.47 Å². The number of benzene rings is 1. The SMILES string of the molecule is CC1COC(c2ccc(C#N)cc2)OC1. The molecule has 1 aliphatic rings. The number of nitriles is 1. The van der Waals surface area contributed by atoms with Crippen LogP contribution in [0, 0.1) is 17.2 Å². The van der Waals surface area contributed by atoms with Gasteiger partial charge in [0, 0.05) is 11.5 Å². The fourth-order valence-electron chi connectivity index (χ4n) is 1.51. The summed E-state index contributed by atoms with van der Waals surface area (Å²) in [6, 6.07) is 9.39. The van der Waals surface area contributed by atoms with E-state index in [1.807, 2.05) is 12.1 Å². The molecule has 1 aromatic rings. The summed E-state index contributed by atoms with van der Waals surface area (Å²) in [7, 11) is 0. The predicted octanol–water partition coefficient (Wildman–Crippen LogP) is 2.24. The van der Waals surface area contributed by atoms with Gasteiger partial charge in [0.1, 0.15) is 0 Å². The van der Waals surface area contributed by atoms with Gasteiger partial charge in [-0.15, -0.1) is 0 Å². The normalized spacial score (nSPS) is 25.9. The summed E-state index contributed by atoms with van der Waals surface area (Å²) in [6.45, 7) is 3.55. The number of hydrogen-bond acceptors (Lipinski definition) is 3. The number of ether oxygens (including phenoxy) is 2. The van der Waals surface area contributed by atoms with Crippen LogP contribution in [-0.2, 0) is 9.47 Å². The van der Waals surface area contributed by atoms with E-state index in [9.17, 15) is 0 Å². The smallest absolute Gasteiger partial charge is 0.183 e. The van der Waals surface area contributed by atoms with Crippen LogP contribution in [-0.4, -0.2) is 13.2 Å². The first-order chi connectivity index (χ1) is 7.29. The molecule has 0 aromatic heterocycles. The molecule has 0 spiro atoms. The van der Waals surface area contributed by atoms with Crippen molar-refractivity contribution in [3.8, 4) is 6.07 Å². The first-order valence-corrected chi connectivity index (χ1v) is 5.03. The van der Waals surface area contributed by atoms with E-state index >= 15 is 0 Å². The summed E-state index contributed by atoms with van der Waals surface area (Å²) in [5, 5.41) is 8.66. The van der Waals surface area contributed by atoms with Crippen LogP contribution in [0.4, 0.5) is 0 Å². The Morgan fingerprint density at radius 1 is 1.20 bits per heavy atom. The Morgan fingerprint density at radius 3 is 2.33 bits per heavy atom. The topological polar surface area (TPSA) is 42.2 Å². The summed E-state index contributed by atoms with van der Waals surface area (Å²) in [6.07, 6.45) is -0.269. The minimum Gasteiger partial charge on any atom is -0.348 e. The summed E-state index contributed by atoms with van der Waals surface area (Å²) in [5.74, 6) is 0.458. The second-order valence-corrected chi connectivity index (χ2v) is 3.84. The molecule has 0 atom stereocenters. The molecule has 2 rings (SSSR count). The molecule has 1 aromatic carbocycles. The Morgan fingerprint density at radius 2 is 1.80 bits per heavy atom. The van der Waals surface area contributed by atoms with Crippen LogP contribution in [0.2, 0.25) is 0 Å². The Bertz CT molecular complexity index is 358. The van der Waals surface area contributed by atoms with Gasteiger partial charge in [-0.2, -0.15) is 5.26 Å². The average molecular weight is 203 g/mol. The van der Waals surface area contributed by atoms with Crippen molar-refractivity contribution in [3.63, 3.8) is 0 Å². The molecular weight excluding hydrogens is 190 g/mol. The summed E-state index contributed by atoms with van der Waals surface area (Å²) in [5.41, 5.74) is 1.63. The maximum atomic E-state index is 8.66. The van der Waals surface area contributed by atoms with Gasteiger partial charge in [0.25, 0.3) is 0 Å². The second-order valence-electron chi connectivity index (χ2n) is 3.84. The molecule has 3 heteroatoms. The quantitative estimate of drug-likeness (QED) is 0.703. The summed E-state index contributed by atoms with van der Waals surface area (Å²) < 4.78 is 11.1. The van der Waals surface area contributed by atoms with E-state index < -0.39 is 0 Å². The second kappa shape index (κ2) is 4.43. The first-order valence-electron chi connectivity index (χ1n) is 5.03. The zero-order valence-corrected chi connectivity index (χ0v) is 8.64. The van der Waals surface area contributed by atoms with Crippen molar-refractivity contribution in [2.24, 2.45) is 5.92 Å². The lowest BCUT2D eigenvalue weighted by Crippen LogP contribution is -2.24. The van der Waals surface area contributed by atoms with Crippen LogP contribution in [0.25, 0.3) is 0 Å². The minimum atomic E-state index is -0.269. The molecule has 0 saturated carbocycles. The van der Waals surface area contributed by atoms with Crippen molar-refractivity contribution in [1.29, 1.82) is 5.26 Å². The third-order valence-corrected chi connectivity index (χ3v) is 2.38. The Kier molecular flexibility index (Phi) is 3.00. The highest BCUT2D eigenvalue weighted by Crippen LogP contribution is 2.24. The van der Waals surface area contributed by atoms with Gasteiger partial charge in [0.2, 0.25) is 0 Å². The van der Waals surface area contributed by atoms with Crippen molar-refractivity contribution >= 4 is 0 Å². The van der Waals surface area contributed by atoms with Crippen molar-refractivity contribution < 1.29 is 9.47 Å². The fourth-order valence-corrected chi connectivity index (χ4v) is 1.51. The maximum Gasteiger partial charge on any atom is 0.183 e. The van der Waals surface area contributed by atoms with Crippen LogP contribution < -0.4 is 0 Å². The fraction of sp³-hybridized carbons (Fsp3) is 0.417. The zero-order chi connectivity index (χ0) is 10.7. The minimum absolute atomic E-state index is 0.269. The highest BCUT2D eigenvalue weighted by molar-refractivity contribution is 5.32. The summed E-state index contributed by atoms with van der Waals surface area (Å²) in [4.78, 5) is 0. The highest BCUT2D eigenvalue weighted by Gasteiger charge is 2.20. The monoisotopic (exact) mass is 203 g/mol. The van der Waals surface area contributed by atoms with E-state index in [1.54, 1.807) is 12.1 Å². The van der Waals surface area contributed by atoms with E-state index in [4.69, 9.17) is 14.7 Å². The van der Waals surface area contributed by atoms with Crippen LogP contribution >= 0.6 is 0 Å². The van der Waals surface area contributed by atoms with Gasteiger partial charge in [0.15, 0.2) is 6.29 Å². The van der Waals surface area contributed by atoms with Gasteiger partial charge >= 0.3 is 0 Å². The number of hydrogen-bond donors (Lipinski definition) is 0. The Balaban J connectivity index is 2.07. The molecular formula is C12H13NO2. The van der Waals surface area contributed by atoms with Crippen LogP contribution in [0.1, 0.15) is 24.3 Å². The number of nitrogens with zero attached hydrogens (tertiary/aromatic N) is 1. The average Bonchev–Trinajstić information content (AvgIpc) is 2.30. The molecule has 0 unspecified atom stereocenters. The van der Waals surface area contributed by atoms with E-state index in [0.29, 0.717) is 11.5 Å². The molecule has 0 bridgehead atoms. The van der Waals surface area contributed by atoms with E-state index in [1.165, 1.54) is 0 Å².